The fraction of sp³-hybridized carbons (Fsp3) is 0.162. The van der Waals surface area contributed by atoms with E-state index in [1.54, 1.807) is 0 Å². The van der Waals surface area contributed by atoms with Gasteiger partial charge in [0.2, 0.25) is 0 Å². The van der Waals surface area contributed by atoms with E-state index in [0.717, 1.165) is 49.4 Å². The molecule has 3 aliphatic carbocycles. The fourth-order valence-corrected chi connectivity index (χ4v) is 8.71. The molecule has 0 amide bonds. The van der Waals surface area contributed by atoms with Gasteiger partial charge in [-0.3, -0.25) is 14.4 Å². The fourth-order valence-electron chi connectivity index (χ4n) is 8.71. The molecule has 3 unspecified atom stereocenters. The number of Topliss-reactive ketones (excluding diaryl/α,β-unsaturated/α-hetero) is 1. The summed E-state index contributed by atoms with van der Waals surface area (Å²) in [6.07, 6.45) is 2.81. The molecule has 4 atom stereocenters. The molecule has 40 heavy (non-hydrogen) atoms. The van der Waals surface area contributed by atoms with Gasteiger partial charge in [-0.1, -0.05) is 109 Å². The molecule has 0 N–H and O–H groups in total. The van der Waals surface area contributed by atoms with Crippen LogP contribution in [0.4, 0.5) is 0 Å². The van der Waals surface area contributed by atoms with Crippen LogP contribution in [0.3, 0.4) is 0 Å². The summed E-state index contributed by atoms with van der Waals surface area (Å²) in [7, 11) is 0. The third-order valence-electron chi connectivity index (χ3n) is 10.1. The first-order valence-corrected chi connectivity index (χ1v) is 13.8. The van der Waals surface area contributed by atoms with Gasteiger partial charge in [0.1, 0.15) is 0 Å². The molecule has 0 spiro atoms. The maximum atomic E-state index is 15.8. The second-order valence-corrected chi connectivity index (χ2v) is 11.7. The van der Waals surface area contributed by atoms with Crippen LogP contribution in [0.25, 0.3) is 21.5 Å². The zero-order valence-corrected chi connectivity index (χ0v) is 22.3. The minimum atomic E-state index is -1.35. The van der Waals surface area contributed by atoms with Crippen LogP contribution in [0.1, 0.15) is 34.7 Å². The van der Waals surface area contributed by atoms with Gasteiger partial charge in [-0.25, -0.2) is 0 Å². The zero-order chi connectivity index (χ0) is 27.4. The molecule has 0 saturated heterocycles. The molecule has 3 heteroatoms. The minimum absolute atomic E-state index is 0.0792. The summed E-state index contributed by atoms with van der Waals surface area (Å²) < 4.78 is 0. The number of benzene rings is 5. The molecule has 0 heterocycles. The first-order chi connectivity index (χ1) is 19.4. The highest BCUT2D eigenvalue weighted by Gasteiger charge is 2.84. The highest BCUT2D eigenvalue weighted by atomic mass is 16.2. The molecule has 3 nitrogen and oxygen atoms in total. The van der Waals surface area contributed by atoms with E-state index in [0.29, 0.717) is 0 Å². The van der Waals surface area contributed by atoms with E-state index < -0.39 is 22.2 Å². The van der Waals surface area contributed by atoms with E-state index in [4.69, 9.17) is 0 Å². The van der Waals surface area contributed by atoms with Crippen LogP contribution in [0, 0.1) is 18.3 Å². The van der Waals surface area contributed by atoms with Gasteiger partial charge in [0.15, 0.2) is 17.3 Å². The van der Waals surface area contributed by atoms with E-state index in [2.05, 4.69) is 37.3 Å². The zero-order valence-electron chi connectivity index (χ0n) is 22.3. The van der Waals surface area contributed by atoms with Crippen molar-refractivity contribution in [2.45, 2.75) is 24.7 Å². The lowest BCUT2D eigenvalue weighted by molar-refractivity contribution is -0.138. The topological polar surface area (TPSA) is 51.2 Å². The predicted octanol–water partition coefficient (Wildman–Crippen LogP) is 6.80. The Morgan fingerprint density at radius 1 is 0.600 bits per heavy atom. The largest absolute Gasteiger partial charge is 0.297 e. The van der Waals surface area contributed by atoms with Crippen LogP contribution < -0.4 is 0 Å². The van der Waals surface area contributed by atoms with Crippen molar-refractivity contribution in [3.05, 3.63) is 143 Å². The van der Waals surface area contributed by atoms with Crippen LogP contribution in [0.15, 0.2) is 115 Å². The SMILES string of the molecule is Cc1ccc2c(c1)c1c(c3ccccc32)C2(c3ccccc3)C(=O)C1(c1ccccc1)C1C(=O)C=CC(=O)[C@]12C. The van der Waals surface area contributed by atoms with Crippen molar-refractivity contribution in [3.63, 3.8) is 0 Å². The molecule has 5 aromatic carbocycles. The number of rotatable bonds is 2. The van der Waals surface area contributed by atoms with Gasteiger partial charge in [-0.05, 0) is 69.8 Å². The Morgan fingerprint density at radius 2 is 1.20 bits per heavy atom. The van der Waals surface area contributed by atoms with Crippen molar-refractivity contribution in [2.75, 3.05) is 0 Å². The monoisotopic (exact) mass is 518 g/mol. The normalized spacial score (nSPS) is 28.4. The number of fused-ring (bicyclic) bond motifs is 13. The van der Waals surface area contributed by atoms with Crippen LogP contribution in [-0.4, -0.2) is 17.3 Å². The molecule has 2 bridgehead atoms. The molecule has 0 aliphatic heterocycles. The molecule has 8 rings (SSSR count). The molecular weight excluding hydrogens is 492 g/mol. The van der Waals surface area contributed by atoms with E-state index in [9.17, 15) is 9.59 Å². The third kappa shape index (κ3) is 2.30. The van der Waals surface area contributed by atoms with E-state index in [1.165, 1.54) is 12.2 Å². The number of hydrogen-bond donors (Lipinski definition) is 0. The summed E-state index contributed by atoms with van der Waals surface area (Å²) in [4.78, 5) is 44.3. The van der Waals surface area contributed by atoms with Gasteiger partial charge in [0.05, 0.1) is 22.2 Å². The van der Waals surface area contributed by atoms with Gasteiger partial charge in [-0.15, -0.1) is 0 Å². The summed E-state index contributed by atoms with van der Waals surface area (Å²) in [6, 6.07) is 34.0. The third-order valence-corrected chi connectivity index (χ3v) is 10.1. The highest BCUT2D eigenvalue weighted by Crippen LogP contribution is 2.76. The average Bonchev–Trinajstić information content (AvgIpc) is 3.34. The molecule has 1 fully saturated rings. The number of carbonyl (C=O) groups excluding carboxylic acids is 3. The second kappa shape index (κ2) is 7.51. The Bertz CT molecular complexity index is 1990. The first kappa shape index (κ1) is 23.3. The molecule has 3 aliphatic rings. The first-order valence-electron chi connectivity index (χ1n) is 13.8. The Morgan fingerprint density at radius 3 is 1.90 bits per heavy atom. The van der Waals surface area contributed by atoms with Gasteiger partial charge in [-0.2, -0.15) is 0 Å². The molecule has 5 aromatic rings. The Labute approximate surface area is 232 Å². The van der Waals surface area contributed by atoms with E-state index >= 15 is 4.79 Å². The lowest BCUT2D eigenvalue weighted by Gasteiger charge is -2.50. The minimum Gasteiger partial charge on any atom is -0.297 e. The smallest absolute Gasteiger partial charge is 0.164 e. The van der Waals surface area contributed by atoms with Crippen LogP contribution >= 0.6 is 0 Å². The van der Waals surface area contributed by atoms with Crippen molar-refractivity contribution in [3.8, 4) is 0 Å². The number of ketones is 3. The van der Waals surface area contributed by atoms with Crippen molar-refractivity contribution < 1.29 is 14.4 Å². The van der Waals surface area contributed by atoms with Crippen molar-refractivity contribution in [1.82, 2.24) is 0 Å². The standard InChI is InChI=1S/C37H26O3/c1-22-17-18-26-25-15-9-10-16-27(25)32-31(28(26)21-22)36(23-11-5-3-6-12-23)33-29(38)19-20-30(39)35(33,2)37(32,34(36)40)24-13-7-4-8-14-24/h3-21,33H,1-2H3/t33?,35-,36?,37?/m1/s1. The predicted molar refractivity (Wildman–Crippen MR) is 156 cm³/mol. The van der Waals surface area contributed by atoms with Gasteiger partial charge in [0, 0.05) is 0 Å². The van der Waals surface area contributed by atoms with Crippen LogP contribution in [0.2, 0.25) is 0 Å². The number of carbonyl (C=O) groups is 3. The van der Waals surface area contributed by atoms with Crippen molar-refractivity contribution in [2.24, 2.45) is 11.3 Å². The average molecular weight is 519 g/mol. The number of allylic oxidation sites excluding steroid dienone is 2. The molecule has 1 saturated carbocycles. The lowest BCUT2D eigenvalue weighted by atomic mass is 9.48. The maximum absolute atomic E-state index is 15.8. The van der Waals surface area contributed by atoms with Gasteiger partial charge < -0.3 is 0 Å². The van der Waals surface area contributed by atoms with E-state index in [-0.39, 0.29) is 17.3 Å². The second-order valence-electron chi connectivity index (χ2n) is 11.7. The Hall–Kier alpha value is -4.63. The maximum Gasteiger partial charge on any atom is 0.164 e. The van der Waals surface area contributed by atoms with E-state index in [1.807, 2.05) is 79.7 Å². The Balaban J connectivity index is 1.74. The molecular formula is C37H26O3. The number of hydrogen-bond acceptors (Lipinski definition) is 3. The van der Waals surface area contributed by atoms with Crippen LogP contribution in [-0.2, 0) is 25.2 Å². The molecule has 0 radical (unpaired) electrons. The summed E-state index contributed by atoms with van der Waals surface area (Å²) in [5, 5.41) is 4.02. The lowest BCUT2D eigenvalue weighted by Crippen LogP contribution is -2.56. The van der Waals surface area contributed by atoms with Crippen molar-refractivity contribution >= 4 is 38.9 Å². The summed E-state index contributed by atoms with van der Waals surface area (Å²) in [5.74, 6) is -1.29. The Kier molecular flexibility index (Phi) is 4.37. The van der Waals surface area contributed by atoms with Crippen molar-refractivity contribution in [1.29, 1.82) is 0 Å². The van der Waals surface area contributed by atoms with Crippen LogP contribution in [0.5, 0.6) is 0 Å². The summed E-state index contributed by atoms with van der Waals surface area (Å²) in [5.41, 5.74) is 0.375. The number of aryl methyl sites for hydroxylation is 1. The summed E-state index contributed by atoms with van der Waals surface area (Å²) >= 11 is 0. The quantitative estimate of drug-likeness (QED) is 0.242. The molecule has 0 aromatic heterocycles. The van der Waals surface area contributed by atoms with Gasteiger partial charge in [0.25, 0.3) is 0 Å². The van der Waals surface area contributed by atoms with Gasteiger partial charge >= 0.3 is 0 Å². The summed E-state index contributed by atoms with van der Waals surface area (Å²) in [6.45, 7) is 3.93. The highest BCUT2D eigenvalue weighted by molar-refractivity contribution is 6.30. The molecule has 192 valence electrons.